The van der Waals surface area contributed by atoms with Crippen LogP contribution in [-0.2, 0) is 6.54 Å². The number of nitrogens with zero attached hydrogens (tertiary/aromatic N) is 5. The third kappa shape index (κ3) is 5.64. The van der Waals surface area contributed by atoms with Crippen molar-refractivity contribution in [2.45, 2.75) is 39.2 Å². The number of nitrogens with one attached hydrogen (secondary N) is 1. The Labute approximate surface area is 208 Å². The summed E-state index contributed by atoms with van der Waals surface area (Å²) in [5, 5.41) is 16.5. The third-order valence-electron chi connectivity index (χ3n) is 6.94. The van der Waals surface area contributed by atoms with Gasteiger partial charge in [-0.3, -0.25) is 9.78 Å². The molecule has 0 saturated carbocycles. The van der Waals surface area contributed by atoms with E-state index in [0.717, 1.165) is 55.6 Å². The number of hydrogen-bond donors (Lipinski definition) is 2. The lowest BCUT2D eigenvalue weighted by atomic mass is 9.73. The molecule has 1 aliphatic rings. The minimum atomic E-state index is -1.03. The molecule has 2 aromatic heterocycles. The molecule has 0 bridgehead atoms. The van der Waals surface area contributed by atoms with Crippen LogP contribution >= 0.6 is 11.6 Å². The number of fused-ring (bicyclic) bond motifs is 1. The van der Waals surface area contributed by atoms with E-state index in [-0.39, 0.29) is 23.6 Å². The topological polar surface area (TPSA) is 125 Å². The molecule has 10 nitrogen and oxygen atoms in total. The van der Waals surface area contributed by atoms with Crippen LogP contribution in [-0.4, -0.2) is 63.8 Å². The van der Waals surface area contributed by atoms with Crippen LogP contribution in [0.5, 0.6) is 0 Å². The SMILES string of the molecule is CCC1(CCN(Cc2cc(C(=O)NC)no2)C(=O)O)CCN(c2cnc3cc(Cl)ccc3n2)CC1. The Bertz CT molecular complexity index is 1210. The molecule has 35 heavy (non-hydrogen) atoms. The van der Waals surface area contributed by atoms with Crippen molar-refractivity contribution in [3.8, 4) is 0 Å². The smallest absolute Gasteiger partial charge is 0.407 e. The number of carbonyl (C=O) groups is 2. The first-order valence-corrected chi connectivity index (χ1v) is 12.0. The lowest BCUT2D eigenvalue weighted by Gasteiger charge is -2.42. The summed E-state index contributed by atoms with van der Waals surface area (Å²) in [6.45, 7) is 4.22. The molecule has 11 heteroatoms. The summed E-state index contributed by atoms with van der Waals surface area (Å²) in [5.41, 5.74) is 1.74. The zero-order valence-electron chi connectivity index (χ0n) is 19.8. The predicted molar refractivity (Wildman–Crippen MR) is 132 cm³/mol. The minimum absolute atomic E-state index is 0.0384. The van der Waals surface area contributed by atoms with Crippen LogP contribution in [0.4, 0.5) is 10.6 Å². The maximum Gasteiger partial charge on any atom is 0.407 e. The fourth-order valence-electron chi connectivity index (χ4n) is 4.54. The van der Waals surface area contributed by atoms with Crippen molar-refractivity contribution in [1.29, 1.82) is 0 Å². The summed E-state index contributed by atoms with van der Waals surface area (Å²) in [6, 6.07) is 6.97. The lowest BCUT2D eigenvalue weighted by Crippen LogP contribution is -2.42. The van der Waals surface area contributed by atoms with E-state index < -0.39 is 6.09 Å². The van der Waals surface area contributed by atoms with Gasteiger partial charge in [0, 0.05) is 37.8 Å². The largest absolute Gasteiger partial charge is 0.465 e. The maximum atomic E-state index is 11.9. The van der Waals surface area contributed by atoms with E-state index >= 15 is 0 Å². The summed E-state index contributed by atoms with van der Waals surface area (Å²) in [7, 11) is 1.50. The average Bonchev–Trinajstić information content (AvgIpc) is 3.34. The highest BCUT2D eigenvalue weighted by molar-refractivity contribution is 6.31. The number of amides is 2. The van der Waals surface area contributed by atoms with Gasteiger partial charge in [-0.2, -0.15) is 0 Å². The summed E-state index contributed by atoms with van der Waals surface area (Å²) >= 11 is 6.05. The van der Waals surface area contributed by atoms with Crippen LogP contribution in [0.1, 0.15) is 48.9 Å². The molecule has 0 atom stereocenters. The molecule has 2 N–H and O–H groups in total. The van der Waals surface area contributed by atoms with Crippen molar-refractivity contribution >= 4 is 40.5 Å². The quantitative estimate of drug-likeness (QED) is 0.471. The van der Waals surface area contributed by atoms with Crippen LogP contribution in [0.15, 0.2) is 35.0 Å². The zero-order chi connectivity index (χ0) is 25.0. The Morgan fingerprint density at radius 3 is 2.71 bits per heavy atom. The molecule has 0 unspecified atom stereocenters. The molecular formula is C24H29ClN6O4. The number of rotatable bonds is 8. The Balaban J connectivity index is 1.37. The second kappa shape index (κ2) is 10.5. The highest BCUT2D eigenvalue weighted by atomic mass is 35.5. The Morgan fingerprint density at radius 2 is 2.03 bits per heavy atom. The normalized spacial score (nSPS) is 15.2. The fourth-order valence-corrected chi connectivity index (χ4v) is 4.71. The first kappa shape index (κ1) is 24.7. The van der Waals surface area contributed by atoms with Gasteiger partial charge in [0.1, 0.15) is 5.82 Å². The Kier molecular flexibility index (Phi) is 7.39. The van der Waals surface area contributed by atoms with Crippen molar-refractivity contribution in [1.82, 2.24) is 25.3 Å². The van der Waals surface area contributed by atoms with Crippen LogP contribution < -0.4 is 10.2 Å². The monoisotopic (exact) mass is 500 g/mol. The van der Waals surface area contributed by atoms with Gasteiger partial charge in [0.05, 0.1) is 23.8 Å². The van der Waals surface area contributed by atoms with Crippen LogP contribution in [0.3, 0.4) is 0 Å². The summed E-state index contributed by atoms with van der Waals surface area (Å²) < 4.78 is 5.17. The molecular weight excluding hydrogens is 472 g/mol. The Morgan fingerprint density at radius 1 is 1.26 bits per heavy atom. The molecule has 1 fully saturated rings. The van der Waals surface area contributed by atoms with Gasteiger partial charge in [-0.1, -0.05) is 30.1 Å². The molecule has 3 heterocycles. The molecule has 0 aliphatic carbocycles. The number of aromatic nitrogens is 3. The third-order valence-corrected chi connectivity index (χ3v) is 7.17. The van der Waals surface area contributed by atoms with Crippen LogP contribution in [0.2, 0.25) is 5.02 Å². The lowest BCUT2D eigenvalue weighted by molar-refractivity contribution is 0.0952. The number of carboxylic acid groups (broad SMARTS) is 1. The predicted octanol–water partition coefficient (Wildman–Crippen LogP) is 4.20. The first-order chi connectivity index (χ1) is 16.8. The summed E-state index contributed by atoms with van der Waals surface area (Å²) in [5.74, 6) is 0.801. The van der Waals surface area contributed by atoms with Gasteiger partial charge in [0.15, 0.2) is 11.5 Å². The van der Waals surface area contributed by atoms with Crippen molar-refractivity contribution < 1.29 is 19.2 Å². The molecule has 0 radical (unpaired) electrons. The highest BCUT2D eigenvalue weighted by Gasteiger charge is 2.34. The number of halogens is 1. The average molecular weight is 501 g/mol. The Hall–Kier alpha value is -3.40. The van der Waals surface area contributed by atoms with Gasteiger partial charge in [0.25, 0.3) is 5.91 Å². The van der Waals surface area contributed by atoms with E-state index in [1.807, 2.05) is 12.1 Å². The van der Waals surface area contributed by atoms with Crippen LogP contribution in [0, 0.1) is 5.41 Å². The summed E-state index contributed by atoms with van der Waals surface area (Å²) in [6.07, 6.45) is 4.31. The second-order valence-electron chi connectivity index (χ2n) is 8.91. The van der Waals surface area contributed by atoms with Crippen molar-refractivity contribution in [3.63, 3.8) is 0 Å². The molecule has 1 aromatic carbocycles. The van der Waals surface area contributed by atoms with Gasteiger partial charge in [-0.15, -0.1) is 0 Å². The molecule has 186 valence electrons. The highest BCUT2D eigenvalue weighted by Crippen LogP contribution is 2.39. The van der Waals surface area contributed by atoms with E-state index in [9.17, 15) is 14.7 Å². The molecule has 4 rings (SSSR count). The molecule has 3 aromatic rings. The van der Waals surface area contributed by atoms with Gasteiger partial charge < -0.3 is 24.7 Å². The second-order valence-corrected chi connectivity index (χ2v) is 9.35. The van der Waals surface area contributed by atoms with Gasteiger partial charge >= 0.3 is 6.09 Å². The molecule has 2 amide bonds. The first-order valence-electron chi connectivity index (χ1n) is 11.7. The van der Waals surface area contributed by atoms with E-state index in [1.165, 1.54) is 18.0 Å². The van der Waals surface area contributed by atoms with Gasteiger partial charge in [0.2, 0.25) is 0 Å². The van der Waals surface area contributed by atoms with E-state index in [4.69, 9.17) is 21.1 Å². The fraction of sp³-hybridized carbons (Fsp3) is 0.458. The number of anilines is 1. The number of carbonyl (C=O) groups excluding carboxylic acids is 1. The number of piperidine rings is 1. The minimum Gasteiger partial charge on any atom is -0.465 e. The molecule has 1 aliphatic heterocycles. The standard InChI is InChI=1S/C24H29ClN6O4/c1-3-24(8-11-31(23(33)34)15-17-13-20(29-35-17)22(32)26-2)6-9-30(10-7-24)21-14-27-19-12-16(25)4-5-18(19)28-21/h4-5,12-14H,3,6-11,15H2,1-2H3,(H,26,32)(H,33,34). The van der Waals surface area contributed by atoms with Crippen molar-refractivity contribution in [3.05, 3.63) is 46.9 Å². The van der Waals surface area contributed by atoms with Crippen LogP contribution in [0.25, 0.3) is 11.0 Å². The van der Waals surface area contributed by atoms with Gasteiger partial charge in [-0.25, -0.2) is 9.78 Å². The van der Waals surface area contributed by atoms with Crippen molar-refractivity contribution in [2.75, 3.05) is 31.6 Å². The van der Waals surface area contributed by atoms with Crippen molar-refractivity contribution in [2.24, 2.45) is 5.41 Å². The maximum absolute atomic E-state index is 11.9. The number of hydrogen-bond acceptors (Lipinski definition) is 7. The molecule has 1 saturated heterocycles. The zero-order valence-corrected chi connectivity index (χ0v) is 20.6. The van der Waals surface area contributed by atoms with E-state index in [2.05, 4.69) is 27.3 Å². The van der Waals surface area contributed by atoms with E-state index in [1.54, 1.807) is 12.3 Å². The molecule has 0 spiro atoms. The van der Waals surface area contributed by atoms with E-state index in [0.29, 0.717) is 17.3 Å². The summed E-state index contributed by atoms with van der Waals surface area (Å²) in [4.78, 5) is 36.4. The number of benzene rings is 1. The van der Waals surface area contributed by atoms with Gasteiger partial charge in [-0.05, 0) is 42.9 Å².